The van der Waals surface area contributed by atoms with E-state index in [-0.39, 0.29) is 43.3 Å². The topological polar surface area (TPSA) is 80.9 Å². The second kappa shape index (κ2) is 7.18. The van der Waals surface area contributed by atoms with Crippen molar-refractivity contribution in [3.63, 3.8) is 0 Å². The molecule has 150 valence electrons. The molecule has 0 spiro atoms. The Labute approximate surface area is 161 Å². The normalized spacial score (nSPS) is 23.9. The molecule has 8 heteroatoms. The summed E-state index contributed by atoms with van der Waals surface area (Å²) in [4.78, 5) is 29.2. The molecular formula is C20H23FN2O5. The van der Waals surface area contributed by atoms with Crippen LogP contribution in [0.5, 0.6) is 0 Å². The Bertz CT molecular complexity index is 909. The van der Waals surface area contributed by atoms with Gasteiger partial charge in [0, 0.05) is 43.0 Å². The van der Waals surface area contributed by atoms with Crippen molar-refractivity contribution in [3.05, 3.63) is 35.8 Å². The number of aromatic nitrogens is 1. The number of fused-ring (bicyclic) bond motifs is 1. The molecule has 28 heavy (non-hydrogen) atoms. The molecule has 2 aromatic rings. The number of nitrogens with one attached hydrogen (secondary N) is 1. The van der Waals surface area contributed by atoms with Crippen LogP contribution in [0, 0.1) is 5.82 Å². The average Bonchev–Trinajstić information content (AvgIpc) is 3.33. The molecule has 3 heterocycles. The van der Waals surface area contributed by atoms with Gasteiger partial charge in [-0.05, 0) is 37.6 Å². The van der Waals surface area contributed by atoms with Gasteiger partial charge in [0.15, 0.2) is 11.9 Å². The van der Waals surface area contributed by atoms with Crippen LogP contribution in [0.2, 0.25) is 0 Å². The summed E-state index contributed by atoms with van der Waals surface area (Å²) in [6, 6.07) is 4.49. The van der Waals surface area contributed by atoms with E-state index in [2.05, 4.69) is 4.98 Å². The summed E-state index contributed by atoms with van der Waals surface area (Å²) < 4.78 is 30.3. The number of benzene rings is 1. The number of hydrogen-bond acceptors (Lipinski definition) is 5. The fraction of sp³-hybridized carbons (Fsp3) is 0.500. The molecule has 0 bridgehead atoms. The van der Waals surface area contributed by atoms with E-state index in [0.717, 1.165) is 11.1 Å². The number of cyclic esters (lactones) is 1. The van der Waals surface area contributed by atoms with Gasteiger partial charge in [0.05, 0.1) is 6.61 Å². The first-order valence-electron chi connectivity index (χ1n) is 9.36. The number of amides is 1. The predicted molar refractivity (Wildman–Crippen MR) is 97.7 cm³/mol. The molecule has 0 unspecified atom stereocenters. The molecular weight excluding hydrogens is 367 g/mol. The van der Waals surface area contributed by atoms with E-state index in [1.54, 1.807) is 17.2 Å². The Morgan fingerprint density at radius 3 is 2.89 bits per heavy atom. The first-order chi connectivity index (χ1) is 13.3. The number of esters is 1. The van der Waals surface area contributed by atoms with Gasteiger partial charge in [-0.2, -0.15) is 0 Å². The molecule has 0 aliphatic carbocycles. The number of aromatic amines is 1. The third kappa shape index (κ3) is 3.88. The van der Waals surface area contributed by atoms with E-state index in [9.17, 15) is 14.0 Å². The van der Waals surface area contributed by atoms with E-state index < -0.39 is 11.9 Å². The van der Waals surface area contributed by atoms with E-state index >= 15 is 0 Å². The van der Waals surface area contributed by atoms with Gasteiger partial charge in [0.1, 0.15) is 11.9 Å². The summed E-state index contributed by atoms with van der Waals surface area (Å²) in [5.74, 6) is -1.69. The lowest BCUT2D eigenvalue weighted by atomic mass is 10.1. The van der Waals surface area contributed by atoms with E-state index in [1.165, 1.54) is 12.1 Å². The lowest BCUT2D eigenvalue weighted by molar-refractivity contribution is -0.157. The second-order valence-electron chi connectivity index (χ2n) is 7.69. The maximum Gasteiger partial charge on any atom is 0.306 e. The van der Waals surface area contributed by atoms with Crippen molar-refractivity contribution >= 4 is 22.8 Å². The van der Waals surface area contributed by atoms with Gasteiger partial charge in [0.25, 0.3) is 5.91 Å². The Hall–Kier alpha value is -2.45. The molecule has 2 saturated heterocycles. The van der Waals surface area contributed by atoms with Crippen LogP contribution >= 0.6 is 0 Å². The van der Waals surface area contributed by atoms with Crippen LogP contribution in [0.25, 0.3) is 10.9 Å². The molecule has 2 aliphatic rings. The Morgan fingerprint density at radius 2 is 2.21 bits per heavy atom. The monoisotopic (exact) mass is 390 g/mol. The minimum Gasteiger partial charge on any atom is -0.452 e. The van der Waals surface area contributed by atoms with Crippen LogP contribution in [-0.4, -0.2) is 52.9 Å². The lowest BCUT2D eigenvalue weighted by Gasteiger charge is -2.27. The number of ether oxygens (including phenoxy) is 3. The molecule has 0 radical (unpaired) electrons. The van der Waals surface area contributed by atoms with Crippen LogP contribution in [0.15, 0.2) is 24.4 Å². The summed E-state index contributed by atoms with van der Waals surface area (Å²) in [6.45, 7) is 4.54. The standard InChI is InChI=1S/C20H23FN2O5/c1-20(2)26-11-14(28-20)10-23(19(25)17-5-6-18(24)27-17)9-12-8-22-16-4-3-13(21)7-15(12)16/h3-4,7-8,14,17,22H,5-6,9-11H2,1-2H3/t14-,17+/m1/s1. The molecule has 0 saturated carbocycles. The number of halogens is 1. The van der Waals surface area contributed by atoms with Crippen LogP contribution in [-0.2, 0) is 30.3 Å². The highest BCUT2D eigenvalue weighted by Crippen LogP contribution is 2.26. The number of carbonyl (C=O) groups is 2. The van der Waals surface area contributed by atoms with E-state index in [1.807, 2.05) is 13.8 Å². The second-order valence-corrected chi connectivity index (χ2v) is 7.69. The lowest BCUT2D eigenvalue weighted by Crippen LogP contribution is -2.43. The zero-order valence-electron chi connectivity index (χ0n) is 15.9. The third-order valence-corrected chi connectivity index (χ3v) is 5.05. The molecule has 1 aromatic carbocycles. The van der Waals surface area contributed by atoms with Crippen molar-refractivity contribution in [2.75, 3.05) is 13.2 Å². The Kier molecular flexibility index (Phi) is 4.84. The molecule has 2 aliphatic heterocycles. The van der Waals surface area contributed by atoms with Gasteiger partial charge >= 0.3 is 5.97 Å². The summed E-state index contributed by atoms with van der Waals surface area (Å²) in [6.07, 6.45) is 1.28. The maximum absolute atomic E-state index is 13.7. The van der Waals surface area contributed by atoms with Gasteiger partial charge in [-0.3, -0.25) is 9.59 Å². The zero-order valence-corrected chi connectivity index (χ0v) is 15.9. The summed E-state index contributed by atoms with van der Waals surface area (Å²) in [7, 11) is 0. The van der Waals surface area contributed by atoms with Crippen molar-refractivity contribution in [3.8, 4) is 0 Å². The Balaban J connectivity index is 1.57. The first-order valence-corrected chi connectivity index (χ1v) is 9.36. The van der Waals surface area contributed by atoms with Crippen LogP contribution in [0.4, 0.5) is 4.39 Å². The third-order valence-electron chi connectivity index (χ3n) is 5.05. The molecule has 7 nitrogen and oxygen atoms in total. The van der Waals surface area contributed by atoms with Crippen LogP contribution in [0.1, 0.15) is 32.3 Å². The fourth-order valence-electron chi connectivity index (χ4n) is 3.72. The number of H-pyrrole nitrogens is 1. The molecule has 1 amide bonds. The smallest absolute Gasteiger partial charge is 0.306 e. The Morgan fingerprint density at radius 1 is 1.39 bits per heavy atom. The van der Waals surface area contributed by atoms with Gasteiger partial charge in [-0.25, -0.2) is 4.39 Å². The highest BCUT2D eigenvalue weighted by atomic mass is 19.1. The summed E-state index contributed by atoms with van der Waals surface area (Å²) >= 11 is 0. The van der Waals surface area contributed by atoms with Crippen LogP contribution < -0.4 is 0 Å². The van der Waals surface area contributed by atoms with Crippen molar-refractivity contribution in [2.24, 2.45) is 0 Å². The number of rotatable bonds is 5. The van der Waals surface area contributed by atoms with E-state index in [4.69, 9.17) is 14.2 Å². The number of hydrogen-bond donors (Lipinski definition) is 1. The summed E-state index contributed by atoms with van der Waals surface area (Å²) in [5, 5.41) is 0.713. The van der Waals surface area contributed by atoms with Crippen LogP contribution in [0.3, 0.4) is 0 Å². The van der Waals surface area contributed by atoms with Gasteiger partial charge in [-0.15, -0.1) is 0 Å². The van der Waals surface area contributed by atoms with Crippen molar-refractivity contribution in [1.82, 2.24) is 9.88 Å². The molecule has 1 aromatic heterocycles. The van der Waals surface area contributed by atoms with E-state index in [0.29, 0.717) is 18.4 Å². The molecule has 2 fully saturated rings. The van der Waals surface area contributed by atoms with Gasteiger partial charge < -0.3 is 24.1 Å². The summed E-state index contributed by atoms with van der Waals surface area (Å²) in [5.41, 5.74) is 1.57. The predicted octanol–water partition coefficient (Wildman–Crippen LogP) is 2.49. The minimum absolute atomic E-state index is 0.235. The average molecular weight is 390 g/mol. The quantitative estimate of drug-likeness (QED) is 0.794. The first kappa shape index (κ1) is 18.9. The van der Waals surface area contributed by atoms with Crippen molar-refractivity contribution in [1.29, 1.82) is 0 Å². The minimum atomic E-state index is -0.787. The van der Waals surface area contributed by atoms with Crippen molar-refractivity contribution in [2.45, 2.75) is 51.2 Å². The molecule has 1 N–H and O–H groups in total. The maximum atomic E-state index is 13.7. The highest BCUT2D eigenvalue weighted by molar-refractivity contribution is 5.88. The molecule has 2 atom stereocenters. The fourth-order valence-corrected chi connectivity index (χ4v) is 3.72. The van der Waals surface area contributed by atoms with Gasteiger partial charge in [0.2, 0.25) is 0 Å². The number of carbonyl (C=O) groups excluding carboxylic acids is 2. The van der Waals surface area contributed by atoms with Crippen molar-refractivity contribution < 1.29 is 28.2 Å². The zero-order chi connectivity index (χ0) is 19.9. The molecule has 4 rings (SSSR count). The number of nitrogens with zero attached hydrogens (tertiary/aromatic N) is 1. The van der Waals surface area contributed by atoms with Gasteiger partial charge in [-0.1, -0.05) is 0 Å². The highest BCUT2D eigenvalue weighted by Gasteiger charge is 2.38. The SMILES string of the molecule is CC1(C)OC[C@@H](CN(Cc2c[nH]c3ccc(F)cc23)C(=O)[C@@H]2CCC(=O)O2)O1. The largest absolute Gasteiger partial charge is 0.452 e.